The van der Waals surface area contributed by atoms with Crippen molar-refractivity contribution >= 4 is 11.7 Å². The fraction of sp³-hybridized carbons (Fsp3) is 0.0339. The van der Waals surface area contributed by atoms with Crippen molar-refractivity contribution in [3.63, 3.8) is 0 Å². The molecule has 14 heteroatoms. The van der Waals surface area contributed by atoms with Crippen LogP contribution in [-0.4, -0.2) is 78.4 Å². The summed E-state index contributed by atoms with van der Waals surface area (Å²) in [7, 11) is 1.98. The number of benzene rings is 4. The van der Waals surface area contributed by atoms with E-state index < -0.39 is 0 Å². The Hall–Kier alpha value is -10.2. The van der Waals surface area contributed by atoms with E-state index in [4.69, 9.17) is 9.98 Å². The van der Waals surface area contributed by atoms with Gasteiger partial charge in [-0.25, -0.2) is 39.9 Å². The van der Waals surface area contributed by atoms with Gasteiger partial charge < -0.3 is 4.90 Å². The average Bonchev–Trinajstić information content (AvgIpc) is 3.49. The van der Waals surface area contributed by atoms with Gasteiger partial charge in [0, 0.05) is 107 Å². The second-order valence-corrected chi connectivity index (χ2v) is 16.2. The molecule has 0 saturated carbocycles. The fourth-order valence-corrected chi connectivity index (χ4v) is 7.58. The third-order valence-electron chi connectivity index (χ3n) is 11.2. The van der Waals surface area contributed by atoms with Crippen molar-refractivity contribution in [1.29, 1.82) is 0 Å². The summed E-state index contributed by atoms with van der Waals surface area (Å²) in [6.07, 6.45) is 15.6. The monoisotopic (exact) mass is 948 g/mol. The molecule has 0 N–H and O–H groups in total. The third-order valence-corrected chi connectivity index (χ3v) is 11.2. The van der Waals surface area contributed by atoms with Crippen LogP contribution in [0, 0.1) is 0 Å². The first kappa shape index (κ1) is 46.5. The molecule has 1 atom stereocenters. The maximum Gasteiger partial charge on any atom is 0.167 e. The Morgan fingerprint density at radius 3 is 0.986 bits per heavy atom. The number of aliphatic imine (C=N–C) groups is 2. The number of rotatable bonds is 9. The van der Waals surface area contributed by atoms with Crippen LogP contribution in [0.4, 0.5) is 0 Å². The molecular weight excluding hydrogens is 905 g/mol. The Morgan fingerprint density at radius 2 is 0.644 bits per heavy atom. The standard InChI is InChI=1S/C20H17N5.C20H14N4.C19H13N5/c1-25-19(16-10-7-12-21-14-16)23-18(15-8-3-2-4-9-15)24-20(25)17-11-5-6-13-22-17;1-3-8-15(9-4-1)18-22-19(16-10-5-2-6-11-16)24-20(23-18)17-12-7-13-21-14-17;1-2-6-14(7-3-1)17-22-18(15-8-4-10-20-12-15)24-19(23-17)16-9-5-11-21-13-16/h2-14,20H,1H3;1-14H;1-13H. The van der Waals surface area contributed by atoms with Crippen LogP contribution in [0.5, 0.6) is 0 Å². The van der Waals surface area contributed by atoms with Gasteiger partial charge in [0.1, 0.15) is 5.84 Å². The van der Waals surface area contributed by atoms with Gasteiger partial charge >= 0.3 is 0 Å². The molecule has 1 unspecified atom stereocenters. The Kier molecular flexibility index (Phi) is 14.6. The minimum absolute atomic E-state index is 0.232. The van der Waals surface area contributed by atoms with E-state index in [1.807, 2.05) is 206 Å². The van der Waals surface area contributed by atoms with Crippen molar-refractivity contribution in [3.8, 4) is 68.3 Å². The predicted molar refractivity (Wildman–Crippen MR) is 284 cm³/mol. The first-order valence-electron chi connectivity index (χ1n) is 23.3. The molecule has 0 amide bonds. The maximum atomic E-state index is 4.85. The molecular formula is C59H44N14. The van der Waals surface area contributed by atoms with Gasteiger partial charge in [0.05, 0.1) is 5.69 Å². The van der Waals surface area contributed by atoms with E-state index in [2.05, 4.69) is 54.8 Å². The molecule has 0 spiro atoms. The molecule has 14 nitrogen and oxygen atoms in total. The van der Waals surface area contributed by atoms with Gasteiger partial charge in [-0.1, -0.05) is 127 Å². The molecule has 73 heavy (non-hydrogen) atoms. The highest BCUT2D eigenvalue weighted by Gasteiger charge is 2.27. The molecule has 7 aromatic heterocycles. The molecule has 0 bridgehead atoms. The Bertz CT molecular complexity index is 3100. The van der Waals surface area contributed by atoms with Gasteiger partial charge in [-0.3, -0.25) is 24.9 Å². The highest BCUT2D eigenvalue weighted by molar-refractivity contribution is 6.12. The van der Waals surface area contributed by atoms with Gasteiger partial charge in [0.2, 0.25) is 0 Å². The van der Waals surface area contributed by atoms with Crippen molar-refractivity contribution in [2.75, 3.05) is 7.05 Å². The first-order valence-corrected chi connectivity index (χ1v) is 23.3. The number of nitrogens with zero attached hydrogens (tertiary/aromatic N) is 14. The van der Waals surface area contributed by atoms with Crippen LogP contribution >= 0.6 is 0 Å². The van der Waals surface area contributed by atoms with Crippen LogP contribution in [0.2, 0.25) is 0 Å². The van der Waals surface area contributed by atoms with E-state index in [1.165, 1.54) is 0 Å². The zero-order valence-electron chi connectivity index (χ0n) is 39.4. The number of hydrogen-bond donors (Lipinski definition) is 0. The molecule has 1 aliphatic rings. The van der Waals surface area contributed by atoms with Crippen LogP contribution in [0.3, 0.4) is 0 Å². The van der Waals surface area contributed by atoms with Gasteiger partial charge in [0.15, 0.2) is 46.9 Å². The Balaban J connectivity index is 0.000000126. The van der Waals surface area contributed by atoms with Crippen LogP contribution < -0.4 is 0 Å². The van der Waals surface area contributed by atoms with Crippen molar-refractivity contribution in [1.82, 2.24) is 59.7 Å². The number of aromatic nitrogens is 11. The summed E-state index contributed by atoms with van der Waals surface area (Å²) in [6, 6.07) is 60.9. The van der Waals surface area contributed by atoms with Crippen molar-refractivity contribution in [3.05, 3.63) is 261 Å². The van der Waals surface area contributed by atoms with Crippen LogP contribution in [0.15, 0.2) is 254 Å². The second-order valence-electron chi connectivity index (χ2n) is 16.2. The van der Waals surface area contributed by atoms with E-state index in [-0.39, 0.29) is 6.17 Å². The van der Waals surface area contributed by atoms with Gasteiger partial charge in [-0.2, -0.15) is 0 Å². The summed E-state index contributed by atoms with van der Waals surface area (Å²) in [6.45, 7) is 0. The summed E-state index contributed by atoms with van der Waals surface area (Å²) < 4.78 is 0. The molecule has 0 fully saturated rings. The Labute approximate surface area is 421 Å². The highest BCUT2D eigenvalue weighted by atomic mass is 15.3. The lowest BCUT2D eigenvalue weighted by Crippen LogP contribution is -2.36. The lowest BCUT2D eigenvalue weighted by Gasteiger charge is -2.31. The van der Waals surface area contributed by atoms with E-state index in [1.54, 1.807) is 49.6 Å². The van der Waals surface area contributed by atoms with Crippen molar-refractivity contribution in [2.45, 2.75) is 6.17 Å². The van der Waals surface area contributed by atoms with Crippen LogP contribution in [-0.2, 0) is 0 Å². The molecule has 4 aromatic carbocycles. The van der Waals surface area contributed by atoms with E-state index in [0.717, 1.165) is 56.0 Å². The largest absolute Gasteiger partial charge is 0.332 e. The summed E-state index contributed by atoms with van der Waals surface area (Å²) in [5.74, 6) is 5.28. The SMILES string of the molecule is CN1C(c2cccnc2)=NC(c2ccccc2)=NC1c1ccccn1.c1ccc(-c2nc(-c3ccccc3)nc(-c3cccnc3)n2)cc1.c1ccc(-c2nc(-c3cccnc3)nc(-c3cccnc3)n2)cc1. The smallest absolute Gasteiger partial charge is 0.167 e. The molecule has 0 saturated heterocycles. The average molecular weight is 949 g/mol. The Morgan fingerprint density at radius 1 is 0.315 bits per heavy atom. The minimum atomic E-state index is -0.232. The fourth-order valence-electron chi connectivity index (χ4n) is 7.58. The normalized spacial score (nSPS) is 12.7. The highest BCUT2D eigenvalue weighted by Crippen LogP contribution is 2.28. The zero-order chi connectivity index (χ0) is 49.4. The zero-order valence-corrected chi connectivity index (χ0v) is 39.4. The maximum absolute atomic E-state index is 4.85. The van der Waals surface area contributed by atoms with E-state index in [9.17, 15) is 0 Å². The van der Waals surface area contributed by atoms with Crippen molar-refractivity contribution < 1.29 is 0 Å². The quantitative estimate of drug-likeness (QED) is 0.134. The van der Waals surface area contributed by atoms with Gasteiger partial charge in [0.25, 0.3) is 0 Å². The number of hydrogen-bond acceptors (Lipinski definition) is 14. The lowest BCUT2D eigenvalue weighted by atomic mass is 10.1. The molecule has 350 valence electrons. The van der Waals surface area contributed by atoms with E-state index in [0.29, 0.717) is 40.8 Å². The third kappa shape index (κ3) is 11.6. The molecule has 11 aromatic rings. The van der Waals surface area contributed by atoms with Gasteiger partial charge in [-0.15, -0.1) is 0 Å². The molecule has 12 rings (SSSR count). The number of amidine groups is 2. The minimum Gasteiger partial charge on any atom is -0.332 e. The topological polar surface area (TPSA) is 170 Å². The second kappa shape index (κ2) is 22.9. The van der Waals surface area contributed by atoms with Crippen molar-refractivity contribution in [2.24, 2.45) is 9.98 Å². The summed E-state index contributed by atoms with van der Waals surface area (Å²) >= 11 is 0. The first-order chi connectivity index (χ1) is 36.1. The van der Waals surface area contributed by atoms with Gasteiger partial charge in [-0.05, 0) is 60.7 Å². The molecule has 1 aliphatic heterocycles. The predicted octanol–water partition coefficient (Wildman–Crippen LogP) is 11.2. The summed E-state index contributed by atoms with van der Waals surface area (Å²) in [4.78, 5) is 60.6. The molecule has 8 heterocycles. The molecule has 0 aliphatic carbocycles. The summed E-state index contributed by atoms with van der Waals surface area (Å²) in [5.41, 5.74) is 8.25. The lowest BCUT2D eigenvalue weighted by molar-refractivity contribution is 0.375. The summed E-state index contributed by atoms with van der Waals surface area (Å²) in [5, 5.41) is 0. The van der Waals surface area contributed by atoms with Crippen LogP contribution in [0.25, 0.3) is 68.3 Å². The number of pyridine rings is 5. The van der Waals surface area contributed by atoms with Crippen LogP contribution in [0.1, 0.15) is 23.0 Å². The van der Waals surface area contributed by atoms with E-state index >= 15 is 0 Å². The molecule has 0 radical (unpaired) electrons.